The van der Waals surface area contributed by atoms with Gasteiger partial charge in [0.05, 0.1) is 12.1 Å². The molecule has 2 aliphatic heterocycles. The van der Waals surface area contributed by atoms with E-state index in [1.54, 1.807) is 0 Å². The number of hydrogen-bond acceptors (Lipinski definition) is 9. The molecule has 2 rings (SSSR count). The highest BCUT2D eigenvalue weighted by atomic mass is 16.7. The molecule has 2 heterocycles. The van der Waals surface area contributed by atoms with Gasteiger partial charge in [-0.1, -0.05) is 0 Å². The lowest BCUT2D eigenvalue weighted by Gasteiger charge is -2.50. The van der Waals surface area contributed by atoms with Crippen molar-refractivity contribution in [3.8, 4) is 0 Å². The van der Waals surface area contributed by atoms with Crippen molar-refractivity contribution in [2.75, 3.05) is 6.61 Å². The molecule has 0 aromatic carbocycles. The molecule has 6 atom stereocenters. The summed E-state index contributed by atoms with van der Waals surface area (Å²) in [6.45, 7) is 1.88. The summed E-state index contributed by atoms with van der Waals surface area (Å²) in [6.07, 6.45) is -5.79. The predicted octanol–water partition coefficient (Wildman–Crippen LogP) is -2.82. The first-order chi connectivity index (χ1) is 10.6. The number of nitrogens with one attached hydrogen (secondary N) is 1. The lowest BCUT2D eigenvalue weighted by atomic mass is 9.86. The molecule has 2 aliphatic rings. The van der Waals surface area contributed by atoms with Gasteiger partial charge in [0, 0.05) is 20.3 Å². The maximum Gasteiger partial charge on any atom is 0.367 e. The number of esters is 2. The first-order valence-electron chi connectivity index (χ1n) is 7.02. The van der Waals surface area contributed by atoms with E-state index < -0.39 is 67.1 Å². The molecule has 0 spiro atoms. The quantitative estimate of drug-likeness (QED) is 0.399. The summed E-state index contributed by atoms with van der Waals surface area (Å²) < 4.78 is 14.9. The molecule has 4 N–H and O–H groups in total. The summed E-state index contributed by atoms with van der Waals surface area (Å²) in [7, 11) is 0. The SMILES string of the molecule is CC(=O)N[C@H]1[C@H]2O[C@@](O)(C[C@@H]1O)C(=O)O[C@@H]2[C@H](O)COC(C)=O. The molecule has 2 fully saturated rings. The highest BCUT2D eigenvalue weighted by Gasteiger charge is 2.60. The number of carbonyl (C=O) groups excluding carboxylic acids is 3. The van der Waals surface area contributed by atoms with Crippen LogP contribution in [0.1, 0.15) is 20.3 Å². The number of rotatable bonds is 4. The van der Waals surface area contributed by atoms with E-state index >= 15 is 0 Å². The highest BCUT2D eigenvalue weighted by Crippen LogP contribution is 2.36. The molecule has 10 heteroatoms. The van der Waals surface area contributed by atoms with E-state index in [1.165, 1.54) is 6.92 Å². The van der Waals surface area contributed by atoms with Gasteiger partial charge in [0.1, 0.15) is 18.8 Å². The van der Waals surface area contributed by atoms with Gasteiger partial charge in [-0.05, 0) is 0 Å². The van der Waals surface area contributed by atoms with Gasteiger partial charge in [-0.3, -0.25) is 9.59 Å². The Morgan fingerprint density at radius 1 is 1.48 bits per heavy atom. The van der Waals surface area contributed by atoms with Crippen LogP contribution in [0.25, 0.3) is 0 Å². The smallest absolute Gasteiger partial charge is 0.367 e. The number of cyclic esters (lactones) is 1. The van der Waals surface area contributed by atoms with Crippen LogP contribution < -0.4 is 5.32 Å². The van der Waals surface area contributed by atoms with Gasteiger partial charge in [-0.2, -0.15) is 0 Å². The van der Waals surface area contributed by atoms with Gasteiger partial charge in [0.15, 0.2) is 6.10 Å². The lowest BCUT2D eigenvalue weighted by molar-refractivity contribution is -0.330. The standard InChI is InChI=1S/C13H19NO9/c1-5(15)14-9-7(17)3-13(20)12(19)22-10(11(9)23-13)8(18)4-21-6(2)16/h7-11,17-18,20H,3-4H2,1-2H3,(H,14,15)/t7-,8+,9+,10+,11+,13-/m0/s1. The second-order valence-corrected chi connectivity index (χ2v) is 5.60. The van der Waals surface area contributed by atoms with Crippen LogP contribution in [0.4, 0.5) is 0 Å². The van der Waals surface area contributed by atoms with Gasteiger partial charge >= 0.3 is 11.9 Å². The van der Waals surface area contributed by atoms with E-state index in [-0.39, 0.29) is 0 Å². The maximum atomic E-state index is 11.8. The molecule has 2 bridgehead atoms. The van der Waals surface area contributed by atoms with Crippen LogP contribution in [0.3, 0.4) is 0 Å². The van der Waals surface area contributed by atoms with Crippen LogP contribution in [0.15, 0.2) is 0 Å². The molecule has 0 aromatic heterocycles. The van der Waals surface area contributed by atoms with Gasteiger partial charge in [-0.15, -0.1) is 0 Å². The van der Waals surface area contributed by atoms with Gasteiger partial charge < -0.3 is 34.8 Å². The van der Waals surface area contributed by atoms with Gasteiger partial charge in [-0.25, -0.2) is 4.79 Å². The summed E-state index contributed by atoms with van der Waals surface area (Å²) in [5.41, 5.74) is 0. The molecule has 0 radical (unpaired) electrons. The van der Waals surface area contributed by atoms with E-state index in [2.05, 4.69) is 10.1 Å². The molecule has 1 amide bonds. The summed E-state index contributed by atoms with van der Waals surface area (Å²) in [5.74, 6) is -4.64. The number of carbonyl (C=O) groups is 3. The van der Waals surface area contributed by atoms with Crippen LogP contribution in [0.5, 0.6) is 0 Å². The molecule has 0 saturated carbocycles. The van der Waals surface area contributed by atoms with Crippen molar-refractivity contribution in [2.45, 2.75) is 56.5 Å². The second-order valence-electron chi connectivity index (χ2n) is 5.60. The molecular weight excluding hydrogens is 314 g/mol. The van der Waals surface area contributed by atoms with E-state index in [0.29, 0.717) is 0 Å². The third kappa shape index (κ3) is 3.61. The minimum atomic E-state index is -2.35. The summed E-state index contributed by atoms with van der Waals surface area (Å²) in [6, 6.07) is -1.02. The van der Waals surface area contributed by atoms with Gasteiger partial charge in [0.25, 0.3) is 5.79 Å². The van der Waals surface area contributed by atoms with Crippen LogP contribution in [0.2, 0.25) is 0 Å². The van der Waals surface area contributed by atoms with Crippen LogP contribution >= 0.6 is 0 Å². The zero-order valence-corrected chi connectivity index (χ0v) is 12.6. The average molecular weight is 333 g/mol. The van der Waals surface area contributed by atoms with E-state index in [0.717, 1.165) is 6.92 Å². The number of aliphatic hydroxyl groups excluding tert-OH is 2. The zero-order valence-electron chi connectivity index (χ0n) is 12.6. The van der Waals surface area contributed by atoms with E-state index in [4.69, 9.17) is 9.47 Å². The van der Waals surface area contributed by atoms with Crippen molar-refractivity contribution in [2.24, 2.45) is 0 Å². The minimum absolute atomic E-state index is 0.478. The molecule has 0 aliphatic carbocycles. The van der Waals surface area contributed by atoms with Crippen molar-refractivity contribution in [1.29, 1.82) is 0 Å². The summed E-state index contributed by atoms with van der Waals surface area (Å²) in [4.78, 5) is 33.9. The second kappa shape index (κ2) is 6.40. The third-order valence-electron chi connectivity index (χ3n) is 3.68. The van der Waals surface area contributed by atoms with Crippen LogP contribution in [-0.4, -0.2) is 76.0 Å². The zero-order chi connectivity index (χ0) is 17.4. The Kier molecular flexibility index (Phi) is 4.90. The molecule has 0 aromatic rings. The van der Waals surface area contributed by atoms with Crippen molar-refractivity contribution in [1.82, 2.24) is 5.32 Å². The molecule has 0 unspecified atom stereocenters. The average Bonchev–Trinajstić information content (AvgIpc) is 2.43. The molecule has 10 nitrogen and oxygen atoms in total. The first kappa shape index (κ1) is 17.6. The predicted molar refractivity (Wildman–Crippen MR) is 70.6 cm³/mol. The highest BCUT2D eigenvalue weighted by molar-refractivity contribution is 5.79. The maximum absolute atomic E-state index is 11.8. The van der Waals surface area contributed by atoms with Crippen LogP contribution in [0, 0.1) is 0 Å². The first-order valence-corrected chi connectivity index (χ1v) is 7.02. The van der Waals surface area contributed by atoms with E-state index in [1.807, 2.05) is 0 Å². The topological polar surface area (TPSA) is 152 Å². The molecule has 2 saturated heterocycles. The third-order valence-corrected chi connectivity index (χ3v) is 3.68. The fourth-order valence-corrected chi connectivity index (χ4v) is 2.67. The number of ether oxygens (including phenoxy) is 3. The summed E-state index contributed by atoms with van der Waals surface area (Å²) >= 11 is 0. The number of aliphatic hydroxyl groups is 3. The minimum Gasteiger partial charge on any atom is -0.463 e. The molecule has 23 heavy (non-hydrogen) atoms. The van der Waals surface area contributed by atoms with Crippen molar-refractivity contribution >= 4 is 17.8 Å². The normalized spacial score (nSPS) is 37.5. The Balaban J connectivity index is 2.22. The van der Waals surface area contributed by atoms with Crippen molar-refractivity contribution in [3.05, 3.63) is 0 Å². The summed E-state index contributed by atoms with van der Waals surface area (Å²) in [5, 5.41) is 32.7. The Morgan fingerprint density at radius 3 is 2.70 bits per heavy atom. The number of amides is 1. The van der Waals surface area contributed by atoms with Crippen LogP contribution in [-0.2, 0) is 28.6 Å². The Morgan fingerprint density at radius 2 is 2.13 bits per heavy atom. The lowest BCUT2D eigenvalue weighted by Crippen LogP contribution is -2.72. The fourth-order valence-electron chi connectivity index (χ4n) is 2.67. The Bertz CT molecular complexity index is 510. The van der Waals surface area contributed by atoms with Gasteiger partial charge in [0.2, 0.25) is 5.91 Å². The fraction of sp³-hybridized carbons (Fsp3) is 0.769. The Labute approximate surface area is 131 Å². The van der Waals surface area contributed by atoms with E-state index in [9.17, 15) is 29.7 Å². The largest absolute Gasteiger partial charge is 0.463 e. The molecular formula is C13H19NO9. The Hall–Kier alpha value is -1.75. The monoisotopic (exact) mass is 333 g/mol. The van der Waals surface area contributed by atoms with Crippen molar-refractivity contribution in [3.63, 3.8) is 0 Å². The number of hydrogen-bond donors (Lipinski definition) is 4. The van der Waals surface area contributed by atoms with Crippen molar-refractivity contribution < 1.29 is 43.9 Å². The number of fused-ring (bicyclic) bond motifs is 2. The molecule has 130 valence electrons.